The molecule has 1 unspecified atom stereocenters. The van der Waals surface area contributed by atoms with E-state index in [0.717, 1.165) is 24.8 Å². The highest BCUT2D eigenvalue weighted by Gasteiger charge is 2.23. The first-order valence-corrected chi connectivity index (χ1v) is 11.9. The van der Waals surface area contributed by atoms with Crippen molar-refractivity contribution >= 4 is 11.9 Å². The number of aliphatic carboxylic acids is 1. The van der Waals surface area contributed by atoms with Crippen molar-refractivity contribution in [2.75, 3.05) is 0 Å². The normalized spacial score (nSPS) is 12.4. The zero-order valence-corrected chi connectivity index (χ0v) is 20.2. The Morgan fingerprint density at radius 1 is 0.935 bits per heavy atom. The largest absolute Gasteiger partial charge is 0.479 e. The van der Waals surface area contributed by atoms with Gasteiger partial charge in [0.15, 0.2) is 6.10 Å². The van der Waals surface area contributed by atoms with E-state index in [4.69, 9.17) is 9.47 Å². The SMILES string of the molecule is CCCCCCCCCCCCC(Oc1ccc(OC(C)=O)c(C(C)(C)C)c1)C(=O)O. The fraction of sp³-hybridized carbons (Fsp3) is 0.692. The third-order valence-corrected chi connectivity index (χ3v) is 5.39. The summed E-state index contributed by atoms with van der Waals surface area (Å²) in [6, 6.07) is 5.13. The summed E-state index contributed by atoms with van der Waals surface area (Å²) in [6.07, 6.45) is 11.7. The van der Waals surface area contributed by atoms with E-state index < -0.39 is 12.1 Å². The molecule has 1 N–H and O–H groups in total. The molecule has 5 heteroatoms. The van der Waals surface area contributed by atoms with E-state index in [1.54, 1.807) is 18.2 Å². The van der Waals surface area contributed by atoms with Crippen LogP contribution in [0, 0.1) is 0 Å². The fourth-order valence-electron chi connectivity index (χ4n) is 3.63. The van der Waals surface area contributed by atoms with Gasteiger partial charge in [0.1, 0.15) is 11.5 Å². The third-order valence-electron chi connectivity index (χ3n) is 5.39. The minimum absolute atomic E-state index is 0.278. The number of rotatable bonds is 15. The molecule has 1 aromatic carbocycles. The van der Waals surface area contributed by atoms with Gasteiger partial charge in [-0.2, -0.15) is 0 Å². The van der Waals surface area contributed by atoms with E-state index in [9.17, 15) is 14.7 Å². The van der Waals surface area contributed by atoms with Crippen molar-refractivity contribution in [3.8, 4) is 11.5 Å². The molecule has 0 aliphatic carbocycles. The molecule has 0 spiro atoms. The first kappa shape index (κ1) is 27.0. The Bertz CT molecular complexity index is 675. The Labute approximate surface area is 188 Å². The predicted octanol–water partition coefficient (Wildman–Crippen LogP) is 7.05. The Kier molecular flexibility index (Phi) is 12.3. The summed E-state index contributed by atoms with van der Waals surface area (Å²) in [5.41, 5.74) is 0.530. The van der Waals surface area contributed by atoms with E-state index in [0.29, 0.717) is 17.9 Å². The molecular weight excluding hydrogens is 392 g/mol. The molecule has 31 heavy (non-hydrogen) atoms. The van der Waals surface area contributed by atoms with Crippen molar-refractivity contribution in [3.63, 3.8) is 0 Å². The summed E-state index contributed by atoms with van der Waals surface area (Å²) in [5.74, 6) is -0.366. The highest BCUT2D eigenvalue weighted by Crippen LogP contribution is 2.35. The molecule has 1 aromatic rings. The van der Waals surface area contributed by atoms with Gasteiger partial charge in [0.2, 0.25) is 0 Å². The lowest BCUT2D eigenvalue weighted by molar-refractivity contribution is -0.145. The molecule has 5 nitrogen and oxygen atoms in total. The molecule has 176 valence electrons. The van der Waals surface area contributed by atoms with Crippen LogP contribution in [0.15, 0.2) is 18.2 Å². The van der Waals surface area contributed by atoms with Crippen molar-refractivity contribution in [2.45, 2.75) is 117 Å². The van der Waals surface area contributed by atoms with E-state index in [-0.39, 0.29) is 11.4 Å². The molecule has 0 amide bonds. The summed E-state index contributed by atoms with van der Waals surface area (Å²) in [7, 11) is 0. The number of esters is 1. The molecule has 0 radical (unpaired) electrons. The minimum atomic E-state index is -0.947. The van der Waals surface area contributed by atoms with Gasteiger partial charge in [0.25, 0.3) is 0 Å². The lowest BCUT2D eigenvalue weighted by Crippen LogP contribution is -2.27. The molecule has 0 aliphatic heterocycles. The van der Waals surface area contributed by atoms with Gasteiger partial charge in [-0.25, -0.2) is 4.79 Å². The average molecular weight is 435 g/mol. The zero-order valence-electron chi connectivity index (χ0n) is 20.2. The lowest BCUT2D eigenvalue weighted by Gasteiger charge is -2.24. The number of ether oxygens (including phenoxy) is 2. The van der Waals surface area contributed by atoms with E-state index >= 15 is 0 Å². The van der Waals surface area contributed by atoms with Gasteiger partial charge in [0, 0.05) is 12.5 Å². The second-order valence-corrected chi connectivity index (χ2v) is 9.42. The van der Waals surface area contributed by atoms with Gasteiger partial charge in [-0.15, -0.1) is 0 Å². The highest BCUT2D eigenvalue weighted by molar-refractivity contribution is 5.73. The minimum Gasteiger partial charge on any atom is -0.479 e. The monoisotopic (exact) mass is 434 g/mol. The molecule has 0 heterocycles. The second kappa shape index (κ2) is 14.1. The van der Waals surface area contributed by atoms with Crippen LogP contribution in [-0.2, 0) is 15.0 Å². The molecule has 1 atom stereocenters. The van der Waals surface area contributed by atoms with Crippen molar-refractivity contribution in [2.24, 2.45) is 0 Å². The zero-order chi connectivity index (χ0) is 23.3. The standard InChI is InChI=1S/C26H42O5/c1-6-7-8-9-10-11-12-13-14-15-16-24(25(28)29)31-21-17-18-23(30-20(2)27)22(19-21)26(3,4)5/h17-19,24H,6-16H2,1-5H3,(H,28,29). The summed E-state index contributed by atoms with van der Waals surface area (Å²) in [6.45, 7) is 9.63. The van der Waals surface area contributed by atoms with Gasteiger partial charge in [-0.3, -0.25) is 4.79 Å². The smallest absolute Gasteiger partial charge is 0.344 e. The number of unbranched alkanes of at least 4 members (excludes halogenated alkanes) is 9. The number of hydrogen-bond donors (Lipinski definition) is 1. The average Bonchev–Trinajstić information content (AvgIpc) is 2.68. The first-order chi connectivity index (χ1) is 14.6. The Morgan fingerprint density at radius 2 is 1.48 bits per heavy atom. The van der Waals surface area contributed by atoms with Crippen molar-refractivity contribution in [1.29, 1.82) is 0 Å². The molecule has 0 fully saturated rings. The maximum atomic E-state index is 11.7. The van der Waals surface area contributed by atoms with Crippen LogP contribution in [0.5, 0.6) is 11.5 Å². The lowest BCUT2D eigenvalue weighted by atomic mass is 9.86. The molecule has 0 aliphatic rings. The van der Waals surface area contributed by atoms with E-state index in [1.165, 1.54) is 51.9 Å². The summed E-state index contributed by atoms with van der Waals surface area (Å²) in [4.78, 5) is 23.1. The molecule has 0 aromatic heterocycles. The van der Waals surface area contributed by atoms with Crippen molar-refractivity contribution in [1.82, 2.24) is 0 Å². The molecule has 0 bridgehead atoms. The molecule has 0 saturated heterocycles. The Balaban J connectivity index is 2.54. The van der Waals surface area contributed by atoms with Crippen LogP contribution in [0.25, 0.3) is 0 Å². The second-order valence-electron chi connectivity index (χ2n) is 9.42. The van der Waals surface area contributed by atoms with E-state index in [2.05, 4.69) is 6.92 Å². The predicted molar refractivity (Wildman–Crippen MR) is 125 cm³/mol. The molecular formula is C26H42O5. The van der Waals surface area contributed by atoms with Gasteiger partial charge in [-0.05, 0) is 36.5 Å². The van der Waals surface area contributed by atoms with E-state index in [1.807, 2.05) is 20.8 Å². The van der Waals surface area contributed by atoms with Crippen LogP contribution in [0.4, 0.5) is 0 Å². The Morgan fingerprint density at radius 3 is 1.97 bits per heavy atom. The van der Waals surface area contributed by atoms with Crippen LogP contribution < -0.4 is 9.47 Å². The van der Waals surface area contributed by atoms with Crippen LogP contribution in [0.1, 0.15) is 111 Å². The fourth-order valence-corrected chi connectivity index (χ4v) is 3.63. The van der Waals surface area contributed by atoms with Gasteiger partial charge >= 0.3 is 11.9 Å². The van der Waals surface area contributed by atoms with Crippen LogP contribution in [0.2, 0.25) is 0 Å². The molecule has 1 rings (SSSR count). The number of hydrogen-bond acceptors (Lipinski definition) is 4. The summed E-state index contributed by atoms with van der Waals surface area (Å²) >= 11 is 0. The van der Waals surface area contributed by atoms with Crippen molar-refractivity contribution in [3.05, 3.63) is 23.8 Å². The van der Waals surface area contributed by atoms with Gasteiger partial charge in [0.05, 0.1) is 0 Å². The number of carbonyl (C=O) groups is 2. The van der Waals surface area contributed by atoms with Crippen LogP contribution in [-0.4, -0.2) is 23.1 Å². The number of carbonyl (C=O) groups excluding carboxylic acids is 1. The van der Waals surface area contributed by atoms with Gasteiger partial charge in [-0.1, -0.05) is 85.5 Å². The molecule has 0 saturated carbocycles. The van der Waals surface area contributed by atoms with Gasteiger partial charge < -0.3 is 14.6 Å². The number of benzene rings is 1. The Hall–Kier alpha value is -2.04. The third kappa shape index (κ3) is 11.2. The summed E-state index contributed by atoms with van der Waals surface area (Å²) < 4.78 is 11.1. The maximum Gasteiger partial charge on any atom is 0.344 e. The topological polar surface area (TPSA) is 72.8 Å². The quantitative estimate of drug-likeness (QED) is 0.182. The number of carboxylic acid groups (broad SMARTS) is 1. The summed E-state index contributed by atoms with van der Waals surface area (Å²) in [5, 5.41) is 9.59. The maximum absolute atomic E-state index is 11.7. The van der Waals surface area contributed by atoms with Crippen LogP contribution in [0.3, 0.4) is 0 Å². The van der Waals surface area contributed by atoms with Crippen molar-refractivity contribution < 1.29 is 24.2 Å². The number of carboxylic acids is 1. The van der Waals surface area contributed by atoms with Crippen LogP contribution >= 0.6 is 0 Å². The highest BCUT2D eigenvalue weighted by atomic mass is 16.5. The first-order valence-electron chi connectivity index (χ1n) is 11.9.